The molecular formula is C17H17N3O4S. The van der Waals surface area contributed by atoms with Crippen LogP contribution in [0.4, 0.5) is 5.69 Å². The van der Waals surface area contributed by atoms with Crippen molar-refractivity contribution in [1.82, 2.24) is 9.29 Å². The number of nitrogens with zero attached hydrogens (tertiary/aromatic N) is 2. The molecule has 3 aromatic rings. The molecule has 0 radical (unpaired) electrons. The smallest absolute Gasteiger partial charge is 0.289 e. The van der Waals surface area contributed by atoms with Gasteiger partial charge in [-0.25, -0.2) is 13.1 Å². The van der Waals surface area contributed by atoms with E-state index in [-0.39, 0.29) is 11.4 Å². The average Bonchev–Trinajstić information content (AvgIpc) is 3.02. The van der Waals surface area contributed by atoms with Crippen LogP contribution in [0.5, 0.6) is 0 Å². The van der Waals surface area contributed by atoms with Gasteiger partial charge in [-0.2, -0.15) is 0 Å². The van der Waals surface area contributed by atoms with E-state index in [1.807, 2.05) is 36.5 Å². The van der Waals surface area contributed by atoms with Crippen LogP contribution in [-0.2, 0) is 16.6 Å². The lowest BCUT2D eigenvalue weighted by Gasteiger charge is -2.08. The summed E-state index contributed by atoms with van der Waals surface area (Å²) < 4.78 is 29.1. The summed E-state index contributed by atoms with van der Waals surface area (Å²) in [4.78, 5) is 9.98. The highest BCUT2D eigenvalue weighted by atomic mass is 32.2. The third-order valence-electron chi connectivity index (χ3n) is 3.90. The summed E-state index contributed by atoms with van der Waals surface area (Å²) in [5, 5.41) is 12.1. The van der Waals surface area contributed by atoms with Crippen LogP contribution in [0.2, 0.25) is 0 Å². The maximum Gasteiger partial charge on any atom is 0.289 e. The highest BCUT2D eigenvalue weighted by Gasteiger charge is 2.24. The largest absolute Gasteiger partial charge is 0.347 e. The molecule has 1 N–H and O–H groups in total. The molecule has 8 heteroatoms. The quantitative estimate of drug-likeness (QED) is 0.399. The van der Waals surface area contributed by atoms with E-state index in [0.717, 1.165) is 10.9 Å². The average molecular weight is 359 g/mol. The van der Waals surface area contributed by atoms with E-state index in [1.165, 1.54) is 24.3 Å². The minimum Gasteiger partial charge on any atom is -0.347 e. The molecule has 25 heavy (non-hydrogen) atoms. The Morgan fingerprint density at radius 3 is 2.56 bits per heavy atom. The third-order valence-corrected chi connectivity index (χ3v) is 5.41. The summed E-state index contributed by atoms with van der Waals surface area (Å²) in [5.41, 5.74) is 0.662. The van der Waals surface area contributed by atoms with Crippen molar-refractivity contribution < 1.29 is 13.3 Å². The Labute approximate surface area is 145 Å². The van der Waals surface area contributed by atoms with Gasteiger partial charge >= 0.3 is 0 Å². The number of aryl methyl sites for hydroxylation is 1. The number of nitrogens with one attached hydrogen (secondary N) is 1. The van der Waals surface area contributed by atoms with Crippen molar-refractivity contribution >= 4 is 26.6 Å². The Hall–Kier alpha value is -2.71. The van der Waals surface area contributed by atoms with Gasteiger partial charge in [-0.05, 0) is 30.0 Å². The molecule has 0 saturated carbocycles. The molecule has 0 bridgehead atoms. The zero-order valence-corrected chi connectivity index (χ0v) is 14.1. The van der Waals surface area contributed by atoms with E-state index in [4.69, 9.17) is 0 Å². The highest BCUT2D eigenvalue weighted by molar-refractivity contribution is 7.89. The van der Waals surface area contributed by atoms with E-state index in [2.05, 4.69) is 9.29 Å². The first-order valence-corrected chi connectivity index (χ1v) is 9.24. The molecule has 2 aromatic carbocycles. The summed E-state index contributed by atoms with van der Waals surface area (Å²) in [5.74, 6) is 0. The maximum absolute atomic E-state index is 12.3. The Morgan fingerprint density at radius 2 is 1.76 bits per heavy atom. The van der Waals surface area contributed by atoms with Gasteiger partial charge in [0.2, 0.25) is 10.0 Å². The predicted octanol–water partition coefficient (Wildman–Crippen LogP) is 2.92. The second-order valence-electron chi connectivity index (χ2n) is 5.54. The molecule has 0 unspecified atom stereocenters. The van der Waals surface area contributed by atoms with E-state index in [0.29, 0.717) is 13.0 Å². The minimum absolute atomic E-state index is 0.195. The normalized spacial score (nSPS) is 11.7. The van der Waals surface area contributed by atoms with Crippen molar-refractivity contribution in [2.75, 3.05) is 6.54 Å². The lowest BCUT2D eigenvalue weighted by Crippen LogP contribution is -2.26. The molecule has 3 rings (SSSR count). The van der Waals surface area contributed by atoms with Crippen molar-refractivity contribution in [3.8, 4) is 0 Å². The summed E-state index contributed by atoms with van der Waals surface area (Å²) in [6, 6.07) is 15.3. The van der Waals surface area contributed by atoms with Gasteiger partial charge in [0.05, 0.1) is 4.92 Å². The predicted molar refractivity (Wildman–Crippen MR) is 94.8 cm³/mol. The topological polar surface area (TPSA) is 94.2 Å². The van der Waals surface area contributed by atoms with Gasteiger partial charge in [-0.15, -0.1) is 0 Å². The number of fused-ring (bicyclic) bond motifs is 1. The molecule has 0 atom stereocenters. The Kier molecular flexibility index (Phi) is 4.82. The fourth-order valence-electron chi connectivity index (χ4n) is 2.70. The summed E-state index contributed by atoms with van der Waals surface area (Å²) >= 11 is 0. The zero-order valence-electron chi connectivity index (χ0n) is 13.3. The maximum atomic E-state index is 12.3. The minimum atomic E-state index is -3.92. The van der Waals surface area contributed by atoms with Crippen LogP contribution in [0.1, 0.15) is 6.42 Å². The van der Waals surface area contributed by atoms with Crippen LogP contribution < -0.4 is 4.72 Å². The molecule has 0 aliphatic carbocycles. The number of para-hydroxylation sites is 2. The molecule has 0 spiro atoms. The number of nitro benzene ring substituents is 1. The molecule has 130 valence electrons. The van der Waals surface area contributed by atoms with Crippen molar-refractivity contribution in [2.45, 2.75) is 17.9 Å². The Morgan fingerprint density at radius 1 is 1.04 bits per heavy atom. The molecule has 1 aromatic heterocycles. The van der Waals surface area contributed by atoms with Crippen LogP contribution >= 0.6 is 0 Å². The third kappa shape index (κ3) is 3.70. The van der Waals surface area contributed by atoms with E-state index in [1.54, 1.807) is 0 Å². The second kappa shape index (κ2) is 7.04. The zero-order chi connectivity index (χ0) is 17.9. The first-order chi connectivity index (χ1) is 12.0. The lowest BCUT2D eigenvalue weighted by molar-refractivity contribution is -0.387. The lowest BCUT2D eigenvalue weighted by atomic mass is 10.2. The molecule has 0 aliphatic heterocycles. The fraction of sp³-hybridized carbons (Fsp3) is 0.176. The number of sulfonamides is 1. The monoisotopic (exact) mass is 359 g/mol. The van der Waals surface area contributed by atoms with Gasteiger partial charge in [-0.1, -0.05) is 30.3 Å². The van der Waals surface area contributed by atoms with Crippen molar-refractivity contribution in [3.05, 3.63) is 70.9 Å². The first-order valence-electron chi connectivity index (χ1n) is 7.76. The standard InChI is InChI=1S/C17H17N3O4S/c21-20(22)16-8-3-4-9-17(16)25(23,24)18-11-5-12-19-13-10-14-6-1-2-7-15(14)19/h1-4,6-10,13,18H,5,11-12H2. The molecule has 0 amide bonds. The number of rotatable bonds is 7. The van der Waals surface area contributed by atoms with Crippen molar-refractivity contribution in [1.29, 1.82) is 0 Å². The number of benzene rings is 2. The van der Waals surface area contributed by atoms with Gasteiger partial charge in [0.25, 0.3) is 5.69 Å². The van der Waals surface area contributed by atoms with E-state index >= 15 is 0 Å². The molecule has 1 heterocycles. The van der Waals surface area contributed by atoms with Crippen molar-refractivity contribution in [2.24, 2.45) is 0 Å². The molecule has 0 aliphatic rings. The van der Waals surface area contributed by atoms with Gasteiger partial charge in [0.15, 0.2) is 4.90 Å². The Balaban J connectivity index is 1.65. The summed E-state index contributed by atoms with van der Waals surface area (Å²) in [7, 11) is -3.92. The van der Waals surface area contributed by atoms with Crippen LogP contribution in [0.3, 0.4) is 0 Å². The SMILES string of the molecule is O=[N+]([O-])c1ccccc1S(=O)(=O)NCCCn1ccc2ccccc21. The van der Waals surface area contributed by atoms with E-state index in [9.17, 15) is 18.5 Å². The number of hydrogen-bond acceptors (Lipinski definition) is 4. The molecule has 0 saturated heterocycles. The van der Waals surface area contributed by atoms with Crippen LogP contribution in [0.25, 0.3) is 10.9 Å². The van der Waals surface area contributed by atoms with Crippen molar-refractivity contribution in [3.63, 3.8) is 0 Å². The van der Waals surface area contributed by atoms with Gasteiger partial charge in [-0.3, -0.25) is 10.1 Å². The fourth-order valence-corrected chi connectivity index (χ4v) is 3.95. The molecular weight excluding hydrogens is 342 g/mol. The van der Waals surface area contributed by atoms with Gasteiger partial charge in [0.1, 0.15) is 0 Å². The van der Waals surface area contributed by atoms with E-state index < -0.39 is 20.6 Å². The molecule has 0 fully saturated rings. The summed E-state index contributed by atoms with van der Waals surface area (Å²) in [6.45, 7) is 0.841. The van der Waals surface area contributed by atoms with Crippen LogP contribution in [0.15, 0.2) is 65.7 Å². The van der Waals surface area contributed by atoms with Gasteiger partial charge < -0.3 is 4.57 Å². The number of nitro groups is 1. The first kappa shape index (κ1) is 17.1. The summed E-state index contributed by atoms with van der Waals surface area (Å²) in [6.07, 6.45) is 2.53. The van der Waals surface area contributed by atoms with Crippen LogP contribution in [-0.4, -0.2) is 24.5 Å². The molecule has 7 nitrogen and oxygen atoms in total. The second-order valence-corrected chi connectivity index (χ2v) is 7.28. The van der Waals surface area contributed by atoms with Gasteiger partial charge in [0, 0.05) is 30.9 Å². The van der Waals surface area contributed by atoms with Crippen LogP contribution in [0, 0.1) is 10.1 Å². The Bertz CT molecular complexity index is 1010. The number of aromatic nitrogens is 1. The highest BCUT2D eigenvalue weighted by Crippen LogP contribution is 2.22. The number of hydrogen-bond donors (Lipinski definition) is 1.